The number of hydrogen-bond donors (Lipinski definition) is 1. The number of aromatic nitrogens is 2. The molecule has 2 aromatic heterocycles. The van der Waals surface area contributed by atoms with Crippen LogP contribution in [0.3, 0.4) is 0 Å². The van der Waals surface area contributed by atoms with Crippen molar-refractivity contribution in [1.82, 2.24) is 19.6 Å². The van der Waals surface area contributed by atoms with Crippen molar-refractivity contribution in [1.29, 1.82) is 0 Å². The maximum atomic E-state index is 13.2. The summed E-state index contributed by atoms with van der Waals surface area (Å²) in [4.78, 5) is 19.4. The Kier molecular flexibility index (Phi) is 4.65. The summed E-state index contributed by atoms with van der Waals surface area (Å²) >= 11 is 0. The Hall–Kier alpha value is -3.64. The van der Waals surface area contributed by atoms with Crippen molar-refractivity contribution >= 4 is 11.7 Å². The number of hydrogen-bond acceptors (Lipinski definition) is 4. The zero-order chi connectivity index (χ0) is 21.5. The van der Waals surface area contributed by atoms with Crippen molar-refractivity contribution in [2.75, 3.05) is 26.2 Å². The highest BCUT2D eigenvalue weighted by atomic mass is 16.6. The zero-order valence-electron chi connectivity index (χ0n) is 17.6. The van der Waals surface area contributed by atoms with Crippen molar-refractivity contribution < 1.29 is 9.53 Å². The second-order valence-electron chi connectivity index (χ2n) is 8.37. The minimum Gasteiger partial charge on any atom is -0.448 e. The number of imidazole rings is 1. The molecule has 6 heteroatoms. The van der Waals surface area contributed by atoms with E-state index >= 15 is 0 Å². The number of ether oxygens (including phenoxy) is 1. The summed E-state index contributed by atoms with van der Waals surface area (Å²) in [6.07, 6.45) is 5.49. The molecular formula is C26H24N4O2. The second kappa shape index (κ2) is 7.80. The predicted molar refractivity (Wildman–Crippen MR) is 123 cm³/mol. The summed E-state index contributed by atoms with van der Waals surface area (Å²) in [5.74, 6) is 0.0648. The van der Waals surface area contributed by atoms with Crippen LogP contribution in [0.1, 0.15) is 28.7 Å². The molecule has 1 unspecified atom stereocenters. The van der Waals surface area contributed by atoms with Gasteiger partial charge in [0.25, 0.3) is 0 Å². The van der Waals surface area contributed by atoms with Crippen LogP contribution in [0, 0.1) is 0 Å². The van der Waals surface area contributed by atoms with Gasteiger partial charge >= 0.3 is 6.09 Å². The normalized spacial score (nSPS) is 17.9. The molecule has 2 aromatic carbocycles. The van der Waals surface area contributed by atoms with Gasteiger partial charge in [0.1, 0.15) is 12.3 Å². The number of benzene rings is 2. The number of piperazine rings is 1. The van der Waals surface area contributed by atoms with E-state index in [-0.39, 0.29) is 18.1 Å². The SMILES string of the molecule is O=C(OCC1c2ccccc2-c2ccccc21)N1CCNCC1c1ccc2nccn2c1. The third-order valence-corrected chi connectivity index (χ3v) is 6.61. The van der Waals surface area contributed by atoms with Gasteiger partial charge in [0.05, 0.1) is 6.04 Å². The van der Waals surface area contributed by atoms with E-state index in [0.29, 0.717) is 19.7 Å². The van der Waals surface area contributed by atoms with E-state index in [4.69, 9.17) is 4.74 Å². The van der Waals surface area contributed by atoms with Crippen LogP contribution in [0.4, 0.5) is 4.79 Å². The van der Waals surface area contributed by atoms with Gasteiger partial charge in [-0.15, -0.1) is 0 Å². The summed E-state index contributed by atoms with van der Waals surface area (Å²) in [7, 11) is 0. The molecule has 160 valence electrons. The lowest BCUT2D eigenvalue weighted by Gasteiger charge is -2.36. The largest absolute Gasteiger partial charge is 0.448 e. The van der Waals surface area contributed by atoms with Crippen LogP contribution in [0.2, 0.25) is 0 Å². The number of rotatable bonds is 3. The second-order valence-corrected chi connectivity index (χ2v) is 8.37. The van der Waals surface area contributed by atoms with Crippen LogP contribution < -0.4 is 5.32 Å². The van der Waals surface area contributed by atoms with Gasteiger partial charge in [-0.25, -0.2) is 9.78 Å². The first-order valence-electron chi connectivity index (χ1n) is 11.0. The quantitative estimate of drug-likeness (QED) is 0.535. The average Bonchev–Trinajstić information content (AvgIpc) is 3.45. The van der Waals surface area contributed by atoms with Crippen LogP contribution in [-0.4, -0.2) is 46.6 Å². The Morgan fingerprint density at radius 3 is 2.56 bits per heavy atom. The third kappa shape index (κ3) is 3.15. The molecule has 3 heterocycles. The first-order chi connectivity index (χ1) is 15.8. The van der Waals surface area contributed by atoms with Gasteiger partial charge in [0, 0.05) is 44.1 Å². The first-order valence-corrected chi connectivity index (χ1v) is 11.0. The fourth-order valence-electron chi connectivity index (χ4n) is 5.03. The van der Waals surface area contributed by atoms with Gasteiger partial charge in [0.15, 0.2) is 0 Å². The molecule has 6 rings (SSSR count). The fourth-order valence-corrected chi connectivity index (χ4v) is 5.03. The zero-order valence-corrected chi connectivity index (χ0v) is 17.6. The monoisotopic (exact) mass is 424 g/mol. The minimum absolute atomic E-state index is 0.0648. The van der Waals surface area contributed by atoms with E-state index in [2.05, 4.69) is 58.8 Å². The number of fused-ring (bicyclic) bond motifs is 4. The van der Waals surface area contributed by atoms with E-state index in [1.165, 1.54) is 22.3 Å². The molecule has 4 aromatic rings. The molecule has 6 nitrogen and oxygen atoms in total. The molecule has 1 atom stereocenters. The standard InChI is InChI=1S/C26H24N4O2/c31-26(30-14-11-27-15-24(30)18-9-10-25-28-12-13-29(25)16-18)32-17-23-21-7-3-1-5-19(21)20-6-2-4-8-22(20)23/h1-10,12-13,16,23-24,27H,11,14-15,17H2. The summed E-state index contributed by atoms with van der Waals surface area (Å²) in [5, 5.41) is 3.41. The van der Waals surface area contributed by atoms with Gasteiger partial charge in [0.2, 0.25) is 0 Å². The van der Waals surface area contributed by atoms with Crippen LogP contribution in [0.25, 0.3) is 16.8 Å². The first kappa shape index (κ1) is 19.1. The molecule has 0 bridgehead atoms. The van der Waals surface area contributed by atoms with Gasteiger partial charge in [-0.1, -0.05) is 54.6 Å². The average molecular weight is 425 g/mol. The lowest BCUT2D eigenvalue weighted by Crippen LogP contribution is -2.49. The molecule has 1 fully saturated rings. The highest BCUT2D eigenvalue weighted by molar-refractivity contribution is 5.79. The summed E-state index contributed by atoms with van der Waals surface area (Å²) in [6.45, 7) is 2.41. The van der Waals surface area contributed by atoms with E-state index in [1.807, 2.05) is 33.8 Å². The molecule has 0 saturated carbocycles. The maximum absolute atomic E-state index is 13.2. The van der Waals surface area contributed by atoms with Crippen molar-refractivity contribution in [2.24, 2.45) is 0 Å². The number of nitrogens with zero attached hydrogens (tertiary/aromatic N) is 3. The molecule has 0 radical (unpaired) electrons. The Bertz CT molecular complexity index is 1250. The summed E-state index contributed by atoms with van der Waals surface area (Å²) in [6, 6.07) is 20.8. The molecule has 0 spiro atoms. The molecule has 1 aliphatic heterocycles. The highest BCUT2D eigenvalue weighted by Crippen LogP contribution is 2.44. The number of pyridine rings is 1. The van der Waals surface area contributed by atoms with Crippen LogP contribution >= 0.6 is 0 Å². The van der Waals surface area contributed by atoms with Gasteiger partial charge in [-0.05, 0) is 33.9 Å². The van der Waals surface area contributed by atoms with E-state index in [9.17, 15) is 4.79 Å². The van der Waals surface area contributed by atoms with E-state index in [1.54, 1.807) is 6.20 Å². The van der Waals surface area contributed by atoms with Crippen molar-refractivity contribution in [3.63, 3.8) is 0 Å². The van der Waals surface area contributed by atoms with Crippen molar-refractivity contribution in [3.05, 3.63) is 95.9 Å². The topological polar surface area (TPSA) is 58.9 Å². The molecule has 1 saturated heterocycles. The number of carbonyl (C=O) groups is 1. The smallest absolute Gasteiger partial charge is 0.410 e. The van der Waals surface area contributed by atoms with Crippen molar-refractivity contribution in [3.8, 4) is 11.1 Å². The molecule has 32 heavy (non-hydrogen) atoms. The van der Waals surface area contributed by atoms with Crippen LogP contribution in [-0.2, 0) is 4.74 Å². The lowest BCUT2D eigenvalue weighted by molar-refractivity contribution is 0.0752. The number of carbonyl (C=O) groups excluding carboxylic acids is 1. The van der Waals surface area contributed by atoms with Crippen LogP contribution in [0.5, 0.6) is 0 Å². The molecule has 1 amide bonds. The Morgan fingerprint density at radius 1 is 1.03 bits per heavy atom. The van der Waals surface area contributed by atoms with Crippen molar-refractivity contribution in [2.45, 2.75) is 12.0 Å². The van der Waals surface area contributed by atoms with E-state index < -0.39 is 0 Å². The Morgan fingerprint density at radius 2 is 1.78 bits per heavy atom. The maximum Gasteiger partial charge on any atom is 0.410 e. The number of amides is 1. The minimum atomic E-state index is -0.260. The van der Waals surface area contributed by atoms with Gasteiger partial charge < -0.3 is 14.5 Å². The molecular weight excluding hydrogens is 400 g/mol. The highest BCUT2D eigenvalue weighted by Gasteiger charge is 2.32. The summed E-state index contributed by atoms with van der Waals surface area (Å²) in [5.41, 5.74) is 6.88. The lowest BCUT2D eigenvalue weighted by atomic mass is 9.98. The third-order valence-electron chi connectivity index (χ3n) is 6.61. The predicted octanol–water partition coefficient (Wildman–Crippen LogP) is 4.23. The fraction of sp³-hybridized carbons (Fsp3) is 0.231. The van der Waals surface area contributed by atoms with Gasteiger partial charge in [-0.3, -0.25) is 4.90 Å². The van der Waals surface area contributed by atoms with E-state index in [0.717, 1.165) is 17.8 Å². The summed E-state index contributed by atoms with van der Waals surface area (Å²) < 4.78 is 7.93. The van der Waals surface area contributed by atoms with Crippen LogP contribution in [0.15, 0.2) is 79.3 Å². The van der Waals surface area contributed by atoms with Gasteiger partial charge in [-0.2, -0.15) is 0 Å². The Labute approximate surface area is 186 Å². The molecule has 1 N–H and O–H groups in total. The molecule has 2 aliphatic rings. The Balaban J connectivity index is 1.23. The molecule has 1 aliphatic carbocycles. The number of nitrogens with one attached hydrogen (secondary N) is 1.